The average molecular weight is 523 g/mol. The molecule has 1 N–H and O–H groups in total. The van der Waals surface area contributed by atoms with Gasteiger partial charge in [0.2, 0.25) is 5.91 Å². The normalized spacial score (nSPS) is 11.6. The highest BCUT2D eigenvalue weighted by atomic mass is 35.5. The van der Waals surface area contributed by atoms with E-state index < -0.39 is 17.6 Å². The van der Waals surface area contributed by atoms with Crippen molar-refractivity contribution in [3.8, 4) is 22.5 Å². The number of carbonyl (C=O) groups excluding carboxylic acids is 1. The van der Waals surface area contributed by atoms with Crippen LogP contribution in [-0.2, 0) is 18.0 Å². The summed E-state index contributed by atoms with van der Waals surface area (Å²) in [6, 6.07) is 12.8. The predicted molar refractivity (Wildman–Crippen MR) is 130 cm³/mol. The summed E-state index contributed by atoms with van der Waals surface area (Å²) in [5.74, 6) is 0.0754. The molecule has 2 heterocycles. The molecule has 0 unspecified atom stereocenters. The molecule has 0 aliphatic rings. The van der Waals surface area contributed by atoms with Crippen molar-refractivity contribution in [1.29, 1.82) is 0 Å². The van der Waals surface area contributed by atoms with E-state index in [1.54, 1.807) is 23.0 Å². The van der Waals surface area contributed by atoms with Crippen molar-refractivity contribution in [1.82, 2.24) is 14.8 Å². The fraction of sp³-hybridized carbons (Fsp3) is 0.174. The molecule has 4 rings (SSSR count). The van der Waals surface area contributed by atoms with E-state index in [2.05, 4.69) is 15.5 Å². The maximum Gasteiger partial charge on any atom is 0.416 e. The number of hydrogen-bond acceptors (Lipinski definition) is 5. The molecule has 2 aromatic heterocycles. The van der Waals surface area contributed by atoms with Gasteiger partial charge in [0.25, 0.3) is 0 Å². The molecule has 0 saturated carbocycles. The van der Waals surface area contributed by atoms with Crippen LogP contribution in [0.15, 0.2) is 59.1 Å². The van der Waals surface area contributed by atoms with Crippen LogP contribution in [0.4, 0.5) is 18.9 Å². The van der Waals surface area contributed by atoms with Crippen LogP contribution in [0.3, 0.4) is 0 Å². The van der Waals surface area contributed by atoms with Gasteiger partial charge in [-0.3, -0.25) is 4.79 Å². The molecule has 0 atom stereocenters. The lowest BCUT2D eigenvalue weighted by Crippen LogP contribution is -2.16. The molecule has 1 amide bonds. The Hall–Kier alpha value is -2.82. The first-order valence-electron chi connectivity index (χ1n) is 9.98. The van der Waals surface area contributed by atoms with Crippen LogP contribution < -0.4 is 5.32 Å². The number of amides is 1. The summed E-state index contributed by atoms with van der Waals surface area (Å²) in [5.41, 5.74) is 2.11. The monoisotopic (exact) mass is 522 g/mol. The van der Waals surface area contributed by atoms with E-state index in [0.717, 1.165) is 51.5 Å². The number of aromatic nitrogens is 3. The molecule has 0 radical (unpaired) electrons. The van der Waals surface area contributed by atoms with Crippen LogP contribution in [-0.4, -0.2) is 26.4 Å². The fourth-order valence-corrected chi connectivity index (χ4v) is 5.11. The van der Waals surface area contributed by atoms with E-state index in [1.807, 2.05) is 42.6 Å². The summed E-state index contributed by atoms with van der Waals surface area (Å²) in [4.78, 5) is 13.6. The van der Waals surface area contributed by atoms with E-state index in [-0.39, 0.29) is 16.5 Å². The number of nitrogens with one attached hydrogen (secondary N) is 1. The summed E-state index contributed by atoms with van der Waals surface area (Å²) in [5, 5.41) is 13.5. The van der Waals surface area contributed by atoms with Crippen molar-refractivity contribution in [2.75, 3.05) is 11.1 Å². The molecule has 4 aromatic rings. The Labute approximate surface area is 207 Å². The standard InChI is InChI=1S/C23H18ClF3N4OS2/c1-13-20(14-6-4-3-5-7-14)16(11-33-13)21-29-30-22(31(21)2)34-12-19(32)28-18-10-15(23(25,26)27)8-9-17(18)24/h3-11H,12H2,1-2H3,(H,28,32). The summed E-state index contributed by atoms with van der Waals surface area (Å²) in [7, 11) is 1.81. The number of aryl methyl sites for hydroxylation is 1. The van der Waals surface area contributed by atoms with Crippen molar-refractivity contribution in [2.45, 2.75) is 18.3 Å². The van der Waals surface area contributed by atoms with Gasteiger partial charge in [0.15, 0.2) is 11.0 Å². The first-order valence-corrected chi connectivity index (χ1v) is 12.2. The number of carbonyl (C=O) groups is 1. The number of nitrogens with zero attached hydrogens (tertiary/aromatic N) is 3. The Balaban J connectivity index is 1.49. The SMILES string of the molecule is Cc1scc(-c2nnc(SCC(=O)Nc3cc(C(F)(F)F)ccc3Cl)n2C)c1-c1ccccc1. The Morgan fingerprint density at radius 3 is 2.62 bits per heavy atom. The number of thiophene rings is 1. The first kappa shape index (κ1) is 24.3. The van der Waals surface area contributed by atoms with Crippen molar-refractivity contribution in [2.24, 2.45) is 7.05 Å². The third-order valence-electron chi connectivity index (χ3n) is 5.01. The zero-order valence-corrected chi connectivity index (χ0v) is 20.4. The van der Waals surface area contributed by atoms with Crippen molar-refractivity contribution >= 4 is 46.3 Å². The van der Waals surface area contributed by atoms with Gasteiger partial charge in [0.1, 0.15) is 0 Å². The first-order chi connectivity index (χ1) is 16.1. The quantitative estimate of drug-likeness (QED) is 0.279. The van der Waals surface area contributed by atoms with Gasteiger partial charge < -0.3 is 9.88 Å². The fourth-order valence-electron chi connectivity index (χ4n) is 3.37. The number of rotatable bonds is 6. The van der Waals surface area contributed by atoms with Gasteiger partial charge in [-0.2, -0.15) is 13.2 Å². The Morgan fingerprint density at radius 2 is 1.91 bits per heavy atom. The van der Waals surface area contributed by atoms with Crippen LogP contribution in [0.2, 0.25) is 5.02 Å². The van der Waals surface area contributed by atoms with Gasteiger partial charge in [0, 0.05) is 28.4 Å². The number of thioether (sulfide) groups is 1. The predicted octanol–water partition coefficient (Wildman–Crippen LogP) is 6.92. The van der Waals surface area contributed by atoms with Crippen LogP contribution in [0.1, 0.15) is 10.4 Å². The van der Waals surface area contributed by atoms with Gasteiger partial charge in [0.05, 0.1) is 22.0 Å². The van der Waals surface area contributed by atoms with Gasteiger partial charge in [-0.25, -0.2) is 0 Å². The summed E-state index contributed by atoms with van der Waals surface area (Å²) >= 11 is 8.70. The molecule has 176 valence electrons. The van der Waals surface area contributed by atoms with Gasteiger partial charge in [-0.15, -0.1) is 21.5 Å². The molecular formula is C23H18ClF3N4OS2. The number of benzene rings is 2. The van der Waals surface area contributed by atoms with Crippen molar-refractivity contribution < 1.29 is 18.0 Å². The molecule has 0 saturated heterocycles. The van der Waals surface area contributed by atoms with Crippen LogP contribution >= 0.6 is 34.7 Å². The number of alkyl halides is 3. The van der Waals surface area contributed by atoms with Gasteiger partial charge in [-0.05, 0) is 30.7 Å². The molecular weight excluding hydrogens is 505 g/mol. The zero-order chi connectivity index (χ0) is 24.5. The smallest absolute Gasteiger partial charge is 0.324 e. The van der Waals surface area contributed by atoms with E-state index in [9.17, 15) is 18.0 Å². The molecule has 0 bridgehead atoms. The highest BCUT2D eigenvalue weighted by Gasteiger charge is 2.31. The minimum Gasteiger partial charge on any atom is -0.324 e. The largest absolute Gasteiger partial charge is 0.416 e. The lowest BCUT2D eigenvalue weighted by Gasteiger charge is -2.11. The number of anilines is 1. The highest BCUT2D eigenvalue weighted by molar-refractivity contribution is 7.99. The summed E-state index contributed by atoms with van der Waals surface area (Å²) in [6.07, 6.45) is -4.54. The van der Waals surface area contributed by atoms with E-state index in [1.165, 1.54) is 0 Å². The summed E-state index contributed by atoms with van der Waals surface area (Å²) < 4.78 is 40.7. The molecule has 5 nitrogen and oxygen atoms in total. The Bertz CT molecular complexity index is 1340. The Morgan fingerprint density at radius 1 is 1.18 bits per heavy atom. The van der Waals surface area contributed by atoms with E-state index in [4.69, 9.17) is 11.6 Å². The second kappa shape index (κ2) is 9.81. The van der Waals surface area contributed by atoms with E-state index >= 15 is 0 Å². The third kappa shape index (κ3) is 5.13. The molecule has 0 spiro atoms. The van der Waals surface area contributed by atoms with Gasteiger partial charge in [-0.1, -0.05) is 53.7 Å². The minimum atomic E-state index is -4.54. The summed E-state index contributed by atoms with van der Waals surface area (Å²) in [6.45, 7) is 2.05. The second-order valence-electron chi connectivity index (χ2n) is 7.34. The Kier molecular flexibility index (Phi) is 7.01. The average Bonchev–Trinajstić information content (AvgIpc) is 3.35. The van der Waals surface area contributed by atoms with Gasteiger partial charge >= 0.3 is 6.18 Å². The van der Waals surface area contributed by atoms with Crippen molar-refractivity contribution in [3.63, 3.8) is 0 Å². The van der Waals surface area contributed by atoms with Crippen LogP contribution in [0, 0.1) is 6.92 Å². The lowest BCUT2D eigenvalue weighted by molar-refractivity contribution is -0.137. The van der Waals surface area contributed by atoms with E-state index in [0.29, 0.717) is 11.0 Å². The molecule has 0 aliphatic heterocycles. The van der Waals surface area contributed by atoms with Crippen LogP contribution in [0.5, 0.6) is 0 Å². The topological polar surface area (TPSA) is 59.8 Å². The van der Waals surface area contributed by atoms with Crippen LogP contribution in [0.25, 0.3) is 22.5 Å². The third-order valence-corrected chi connectivity index (χ3v) is 7.27. The zero-order valence-electron chi connectivity index (χ0n) is 18.0. The lowest BCUT2D eigenvalue weighted by atomic mass is 10.0. The maximum atomic E-state index is 13.0. The molecule has 0 aliphatic carbocycles. The number of hydrogen-bond donors (Lipinski definition) is 1. The second-order valence-corrected chi connectivity index (χ2v) is 9.77. The molecule has 0 fully saturated rings. The highest BCUT2D eigenvalue weighted by Crippen LogP contribution is 2.39. The number of halogens is 4. The maximum absolute atomic E-state index is 13.0. The molecule has 11 heteroatoms. The molecule has 2 aromatic carbocycles. The molecule has 34 heavy (non-hydrogen) atoms. The van der Waals surface area contributed by atoms with Crippen molar-refractivity contribution in [3.05, 3.63) is 69.4 Å². The minimum absolute atomic E-state index is 0.0218.